The molecule has 1 saturated heterocycles. The van der Waals surface area contributed by atoms with E-state index in [9.17, 15) is 4.79 Å². The second kappa shape index (κ2) is 8.75. The fraction of sp³-hybridized carbons (Fsp3) is 0.231. The summed E-state index contributed by atoms with van der Waals surface area (Å²) < 4.78 is 1.88. The van der Waals surface area contributed by atoms with Crippen LogP contribution < -0.4 is 0 Å². The van der Waals surface area contributed by atoms with Crippen molar-refractivity contribution in [3.8, 4) is 33.8 Å². The van der Waals surface area contributed by atoms with E-state index in [0.717, 1.165) is 63.5 Å². The lowest BCUT2D eigenvalue weighted by Crippen LogP contribution is -2.28. The van der Waals surface area contributed by atoms with E-state index in [2.05, 4.69) is 25.3 Å². The second-order valence-corrected chi connectivity index (χ2v) is 8.76. The van der Waals surface area contributed by atoms with Gasteiger partial charge in [-0.3, -0.25) is 24.5 Å². The van der Waals surface area contributed by atoms with Crippen LogP contribution in [0, 0.1) is 6.92 Å². The second-order valence-electron chi connectivity index (χ2n) is 8.76. The van der Waals surface area contributed by atoms with E-state index < -0.39 is 0 Å². The van der Waals surface area contributed by atoms with Gasteiger partial charge in [0.15, 0.2) is 0 Å². The number of aryl methyl sites for hydroxylation is 1. The Morgan fingerprint density at radius 3 is 2.77 bits per heavy atom. The van der Waals surface area contributed by atoms with Gasteiger partial charge in [0.25, 0.3) is 0 Å². The zero-order valence-electron chi connectivity index (χ0n) is 19.3. The first kappa shape index (κ1) is 21.2. The molecule has 0 unspecified atom stereocenters. The highest BCUT2D eigenvalue weighted by molar-refractivity contribution is 5.85. The Kier molecular flexibility index (Phi) is 5.29. The number of hydrogen-bond acceptors (Lipinski definition) is 6. The van der Waals surface area contributed by atoms with E-state index >= 15 is 0 Å². The number of nitrogens with one attached hydrogen (secondary N) is 1. The Labute approximate surface area is 201 Å². The zero-order chi connectivity index (χ0) is 23.8. The van der Waals surface area contributed by atoms with E-state index in [0.29, 0.717) is 19.5 Å². The average Bonchev–Trinajstić information content (AvgIpc) is 3.63. The third-order valence-electron chi connectivity index (χ3n) is 6.33. The van der Waals surface area contributed by atoms with Gasteiger partial charge in [-0.15, -0.1) is 0 Å². The molecule has 1 amide bonds. The van der Waals surface area contributed by atoms with Gasteiger partial charge in [0, 0.05) is 54.3 Å². The van der Waals surface area contributed by atoms with Crippen LogP contribution >= 0.6 is 0 Å². The molecule has 9 nitrogen and oxygen atoms in total. The average molecular weight is 465 g/mol. The topological polar surface area (TPSA) is 105 Å². The van der Waals surface area contributed by atoms with Crippen molar-refractivity contribution in [1.29, 1.82) is 0 Å². The molecule has 35 heavy (non-hydrogen) atoms. The molecule has 6 rings (SSSR count). The number of carbonyl (C=O) groups is 1. The van der Waals surface area contributed by atoms with Crippen LogP contribution in [0.4, 0.5) is 0 Å². The van der Waals surface area contributed by atoms with Crippen molar-refractivity contribution >= 4 is 16.9 Å². The van der Waals surface area contributed by atoms with Crippen LogP contribution in [0.15, 0.2) is 61.2 Å². The molecule has 0 aromatic carbocycles. The molecule has 1 N–H and O–H groups in total. The van der Waals surface area contributed by atoms with Crippen LogP contribution in [-0.4, -0.2) is 58.8 Å². The Hall–Kier alpha value is -4.40. The lowest BCUT2D eigenvalue weighted by molar-refractivity contribution is -0.127. The van der Waals surface area contributed by atoms with Crippen molar-refractivity contribution in [1.82, 2.24) is 39.8 Å². The molecule has 1 fully saturated rings. The first-order valence-electron chi connectivity index (χ1n) is 11.7. The minimum Gasteiger partial charge on any atom is -0.341 e. The number of aromatic nitrogens is 7. The minimum absolute atomic E-state index is 0.233. The molecule has 1 aliphatic heterocycles. The van der Waals surface area contributed by atoms with E-state index in [4.69, 9.17) is 4.98 Å². The summed E-state index contributed by atoms with van der Waals surface area (Å²) in [5.74, 6) is 0.233. The molecule has 174 valence electrons. The number of amides is 1. The number of H-pyrrole nitrogens is 1. The van der Waals surface area contributed by atoms with Gasteiger partial charge in [0.05, 0.1) is 47.1 Å². The van der Waals surface area contributed by atoms with Crippen molar-refractivity contribution in [2.24, 2.45) is 0 Å². The lowest BCUT2D eigenvalue weighted by atomic mass is 10.1. The largest absolute Gasteiger partial charge is 0.341 e. The maximum Gasteiger partial charge on any atom is 0.222 e. The van der Waals surface area contributed by atoms with Gasteiger partial charge >= 0.3 is 0 Å². The van der Waals surface area contributed by atoms with E-state index in [1.54, 1.807) is 6.20 Å². The van der Waals surface area contributed by atoms with E-state index in [1.165, 1.54) is 0 Å². The number of nitrogens with zero attached hydrogens (tertiary/aromatic N) is 7. The fourth-order valence-electron chi connectivity index (χ4n) is 4.47. The van der Waals surface area contributed by atoms with Gasteiger partial charge in [-0.2, -0.15) is 10.2 Å². The highest BCUT2D eigenvalue weighted by atomic mass is 16.2. The maximum absolute atomic E-state index is 11.8. The van der Waals surface area contributed by atoms with Crippen molar-refractivity contribution in [3.05, 3.63) is 66.9 Å². The molecule has 1 aliphatic rings. The van der Waals surface area contributed by atoms with Crippen LogP contribution in [-0.2, 0) is 11.3 Å². The van der Waals surface area contributed by atoms with Crippen LogP contribution in [0.25, 0.3) is 44.8 Å². The summed E-state index contributed by atoms with van der Waals surface area (Å²) in [5, 5.41) is 11.8. The molecular weight excluding hydrogens is 440 g/mol. The summed E-state index contributed by atoms with van der Waals surface area (Å²) in [4.78, 5) is 27.9. The molecular formula is C26H24N8O. The summed E-state index contributed by atoms with van der Waals surface area (Å²) in [5.41, 5.74) is 7.81. The van der Waals surface area contributed by atoms with Crippen molar-refractivity contribution < 1.29 is 4.79 Å². The molecule has 0 saturated carbocycles. The molecule has 0 atom stereocenters. The first-order chi connectivity index (χ1) is 17.1. The Balaban J connectivity index is 1.28. The van der Waals surface area contributed by atoms with Crippen molar-refractivity contribution in [3.63, 3.8) is 0 Å². The van der Waals surface area contributed by atoms with Crippen molar-refractivity contribution in [2.45, 2.75) is 26.3 Å². The number of aromatic amines is 1. The molecule has 9 heteroatoms. The number of hydrogen-bond donors (Lipinski definition) is 1. The lowest BCUT2D eigenvalue weighted by Gasteiger charge is -2.14. The normalized spacial score (nSPS) is 13.7. The molecule has 5 aromatic rings. The Bertz CT molecular complexity index is 1540. The highest BCUT2D eigenvalue weighted by Crippen LogP contribution is 2.30. The van der Waals surface area contributed by atoms with Crippen LogP contribution in [0.2, 0.25) is 0 Å². The summed E-state index contributed by atoms with van der Waals surface area (Å²) in [7, 11) is 0. The van der Waals surface area contributed by atoms with Gasteiger partial charge < -0.3 is 4.90 Å². The van der Waals surface area contributed by atoms with Crippen LogP contribution in [0.1, 0.15) is 18.5 Å². The number of carbonyl (C=O) groups excluding carboxylic acids is 1. The van der Waals surface area contributed by atoms with E-state index in [-0.39, 0.29) is 5.91 Å². The third kappa shape index (κ3) is 4.16. The van der Waals surface area contributed by atoms with Gasteiger partial charge in [0.2, 0.25) is 5.91 Å². The smallest absolute Gasteiger partial charge is 0.222 e. The van der Waals surface area contributed by atoms with Gasteiger partial charge in [-0.25, -0.2) is 4.98 Å². The first-order valence-corrected chi connectivity index (χ1v) is 11.7. The quantitative estimate of drug-likeness (QED) is 0.409. The summed E-state index contributed by atoms with van der Waals surface area (Å²) in [6, 6.07) is 11.9. The van der Waals surface area contributed by atoms with Crippen LogP contribution in [0.5, 0.6) is 0 Å². The third-order valence-corrected chi connectivity index (χ3v) is 6.33. The van der Waals surface area contributed by atoms with E-state index in [1.807, 2.05) is 71.5 Å². The molecule has 0 bridgehead atoms. The molecule has 0 aliphatic carbocycles. The summed E-state index contributed by atoms with van der Waals surface area (Å²) in [6.07, 6.45) is 9.04. The Morgan fingerprint density at radius 1 is 0.971 bits per heavy atom. The van der Waals surface area contributed by atoms with Gasteiger partial charge in [-0.05, 0) is 43.7 Å². The molecule has 0 radical (unpaired) electrons. The minimum atomic E-state index is 0.233. The monoisotopic (exact) mass is 464 g/mol. The van der Waals surface area contributed by atoms with Crippen LogP contribution in [0.3, 0.4) is 0 Å². The Morgan fingerprint density at radius 2 is 1.91 bits per heavy atom. The van der Waals surface area contributed by atoms with Gasteiger partial charge in [0.1, 0.15) is 0 Å². The predicted molar refractivity (Wildman–Crippen MR) is 132 cm³/mol. The standard InChI is InChI=1S/C26H24N8O/c1-17-4-2-5-23(30-17)26-20(15-28-32-26)21-7-8-22-24(31-21)12-18(13-27-22)19-14-29-34(16-19)11-10-33-9-3-6-25(33)35/h2,4-5,7-8,12-16H,3,6,9-11H2,1H3,(H,28,32). The summed E-state index contributed by atoms with van der Waals surface area (Å²) in [6.45, 7) is 4.16. The molecule has 0 spiro atoms. The SMILES string of the molecule is Cc1cccc(-c2[nH]ncc2-c2ccc3ncc(-c4cnn(CCN5CCCC5=O)c4)cc3n2)n1. The fourth-order valence-corrected chi connectivity index (χ4v) is 4.47. The molecule has 5 aromatic heterocycles. The van der Waals surface area contributed by atoms with Crippen molar-refractivity contribution in [2.75, 3.05) is 13.1 Å². The predicted octanol–water partition coefficient (Wildman–Crippen LogP) is 3.88. The van der Waals surface area contributed by atoms with Gasteiger partial charge in [-0.1, -0.05) is 6.07 Å². The maximum atomic E-state index is 11.8. The number of fused-ring (bicyclic) bond motifs is 1. The summed E-state index contributed by atoms with van der Waals surface area (Å²) >= 11 is 0. The number of rotatable bonds is 6. The highest BCUT2D eigenvalue weighted by Gasteiger charge is 2.19. The number of likely N-dealkylation sites (tertiary alicyclic amines) is 1. The number of pyridine rings is 3. The molecule has 6 heterocycles. The zero-order valence-corrected chi connectivity index (χ0v) is 19.3.